The first-order valence-corrected chi connectivity index (χ1v) is 9.47. The molecule has 0 aromatic heterocycles. The first-order valence-electron chi connectivity index (χ1n) is 9.47. The van der Waals surface area contributed by atoms with Crippen molar-refractivity contribution in [3.8, 4) is 23.0 Å². The Morgan fingerprint density at radius 3 is 2.23 bits per heavy atom. The van der Waals surface area contributed by atoms with Crippen LogP contribution in [0.4, 0.5) is 4.79 Å². The highest BCUT2D eigenvalue weighted by Crippen LogP contribution is 2.44. The van der Waals surface area contributed by atoms with Gasteiger partial charge in [-0.2, -0.15) is 0 Å². The zero-order chi connectivity index (χ0) is 21.7. The molecule has 0 radical (unpaired) electrons. The molecule has 3 rings (SSSR count). The molecule has 0 heterocycles. The first-order chi connectivity index (χ1) is 14.4. The lowest BCUT2D eigenvalue weighted by Gasteiger charge is -2.18. The van der Waals surface area contributed by atoms with E-state index in [4.69, 9.17) is 9.84 Å². The quantitative estimate of drug-likeness (QED) is 0.744. The molecule has 0 aliphatic heterocycles. The van der Waals surface area contributed by atoms with Gasteiger partial charge in [0.2, 0.25) is 0 Å². The number of likely N-dealkylation sites (N-methyl/N-ethyl adjacent to an activating group) is 1. The van der Waals surface area contributed by atoms with Gasteiger partial charge in [-0.05, 0) is 35.1 Å². The predicted molar refractivity (Wildman–Crippen MR) is 111 cm³/mol. The monoisotopic (exact) mass is 406 g/mol. The first kappa shape index (κ1) is 20.9. The van der Waals surface area contributed by atoms with Crippen LogP contribution in [0, 0.1) is 11.8 Å². The third-order valence-corrected chi connectivity index (χ3v) is 5.12. The number of amides is 2. The van der Waals surface area contributed by atoms with Crippen molar-refractivity contribution in [3.63, 3.8) is 0 Å². The highest BCUT2D eigenvalue weighted by molar-refractivity contribution is 5.95. The van der Waals surface area contributed by atoms with Crippen LogP contribution in [0.3, 0.4) is 0 Å². The van der Waals surface area contributed by atoms with Gasteiger partial charge in [-0.1, -0.05) is 54.5 Å². The number of alkyl carbamates (subject to hydrolysis) is 1. The average molecular weight is 406 g/mol. The number of carboxylic acids is 1. The fourth-order valence-corrected chi connectivity index (χ4v) is 3.32. The lowest BCUT2D eigenvalue weighted by Crippen LogP contribution is -2.39. The second-order valence-electron chi connectivity index (χ2n) is 6.91. The maximum Gasteiger partial charge on any atom is 0.407 e. The zero-order valence-electron chi connectivity index (χ0n) is 16.7. The van der Waals surface area contributed by atoms with Crippen LogP contribution >= 0.6 is 0 Å². The summed E-state index contributed by atoms with van der Waals surface area (Å²) in [6, 6.07) is 15.1. The molecule has 2 aromatic rings. The van der Waals surface area contributed by atoms with Crippen molar-refractivity contribution in [2.24, 2.45) is 0 Å². The molecule has 1 atom stereocenters. The Labute approximate surface area is 174 Å². The third kappa shape index (κ3) is 4.44. The number of rotatable bonds is 5. The van der Waals surface area contributed by atoms with Crippen LogP contribution in [0.5, 0.6) is 0 Å². The SMILES string of the molecule is C[C@@H](C(=O)O)N(C)C(=O)C#CCNC(=O)OCC1c2ccccc2-c2ccccc21. The summed E-state index contributed by atoms with van der Waals surface area (Å²) in [4.78, 5) is 35.7. The van der Waals surface area contributed by atoms with Crippen molar-refractivity contribution in [3.05, 3.63) is 59.7 Å². The summed E-state index contributed by atoms with van der Waals surface area (Å²) < 4.78 is 5.37. The van der Waals surface area contributed by atoms with Gasteiger partial charge in [0.25, 0.3) is 5.91 Å². The summed E-state index contributed by atoms with van der Waals surface area (Å²) in [6.07, 6.45) is -0.633. The fraction of sp³-hybridized carbons (Fsp3) is 0.261. The van der Waals surface area contributed by atoms with E-state index >= 15 is 0 Å². The van der Waals surface area contributed by atoms with Crippen LogP contribution in [0.1, 0.15) is 24.0 Å². The van der Waals surface area contributed by atoms with E-state index < -0.39 is 24.0 Å². The van der Waals surface area contributed by atoms with Gasteiger partial charge in [0.1, 0.15) is 12.6 Å². The average Bonchev–Trinajstić information content (AvgIpc) is 3.07. The van der Waals surface area contributed by atoms with Gasteiger partial charge in [-0.3, -0.25) is 4.79 Å². The largest absolute Gasteiger partial charge is 0.480 e. The van der Waals surface area contributed by atoms with E-state index in [1.54, 1.807) is 0 Å². The van der Waals surface area contributed by atoms with Crippen LogP contribution in [0.2, 0.25) is 0 Å². The van der Waals surface area contributed by atoms with Crippen LogP contribution in [0.15, 0.2) is 48.5 Å². The molecule has 0 fully saturated rings. The van der Waals surface area contributed by atoms with Gasteiger partial charge < -0.3 is 20.1 Å². The van der Waals surface area contributed by atoms with E-state index in [-0.39, 0.29) is 19.1 Å². The maximum atomic E-state index is 12.0. The van der Waals surface area contributed by atoms with Crippen LogP contribution in [-0.2, 0) is 14.3 Å². The number of nitrogens with zero attached hydrogens (tertiary/aromatic N) is 1. The van der Waals surface area contributed by atoms with Crippen molar-refractivity contribution in [1.82, 2.24) is 10.2 Å². The van der Waals surface area contributed by atoms with Crippen molar-refractivity contribution < 1.29 is 24.2 Å². The lowest BCUT2D eigenvalue weighted by atomic mass is 9.98. The Kier molecular flexibility index (Phi) is 6.38. The van der Waals surface area contributed by atoms with Gasteiger partial charge in [0.15, 0.2) is 0 Å². The van der Waals surface area contributed by atoms with E-state index in [1.165, 1.54) is 14.0 Å². The van der Waals surface area contributed by atoms with Crippen molar-refractivity contribution in [1.29, 1.82) is 0 Å². The summed E-state index contributed by atoms with van der Waals surface area (Å²) in [5.74, 6) is 3.00. The van der Waals surface area contributed by atoms with Crippen LogP contribution < -0.4 is 5.32 Å². The number of carbonyl (C=O) groups is 3. The Morgan fingerprint density at radius 2 is 1.67 bits per heavy atom. The molecule has 0 unspecified atom stereocenters. The number of fused-ring (bicyclic) bond motifs is 3. The minimum atomic E-state index is -1.12. The smallest absolute Gasteiger partial charge is 0.407 e. The highest BCUT2D eigenvalue weighted by Gasteiger charge is 2.28. The molecule has 2 amide bonds. The fourth-order valence-electron chi connectivity index (χ4n) is 3.32. The van der Waals surface area contributed by atoms with E-state index in [2.05, 4.69) is 29.3 Å². The zero-order valence-corrected chi connectivity index (χ0v) is 16.7. The maximum absolute atomic E-state index is 12.0. The number of ether oxygens (including phenoxy) is 1. The normalized spacial score (nSPS) is 12.6. The summed E-state index contributed by atoms with van der Waals surface area (Å²) in [5, 5.41) is 11.4. The topological polar surface area (TPSA) is 95.9 Å². The predicted octanol–water partition coefficient (Wildman–Crippen LogP) is 2.46. The molecule has 0 spiro atoms. The number of hydrogen-bond donors (Lipinski definition) is 2. The van der Waals surface area contributed by atoms with E-state index in [0.717, 1.165) is 27.2 Å². The Hall–Kier alpha value is -3.79. The molecule has 2 aromatic carbocycles. The van der Waals surface area contributed by atoms with E-state index in [9.17, 15) is 14.4 Å². The molecule has 7 heteroatoms. The van der Waals surface area contributed by atoms with E-state index in [0.29, 0.717) is 0 Å². The van der Waals surface area contributed by atoms with Gasteiger partial charge in [0.05, 0.1) is 6.54 Å². The second kappa shape index (κ2) is 9.14. The van der Waals surface area contributed by atoms with Crippen molar-refractivity contribution in [2.75, 3.05) is 20.2 Å². The van der Waals surface area contributed by atoms with Crippen molar-refractivity contribution in [2.45, 2.75) is 18.9 Å². The van der Waals surface area contributed by atoms with Crippen LogP contribution in [0.25, 0.3) is 11.1 Å². The summed E-state index contributed by atoms with van der Waals surface area (Å²) in [6.45, 7) is 1.49. The lowest BCUT2D eigenvalue weighted by molar-refractivity contribution is -0.146. The number of carbonyl (C=O) groups excluding carboxylic acids is 2. The van der Waals surface area contributed by atoms with Gasteiger partial charge in [0, 0.05) is 13.0 Å². The number of carboxylic acid groups (broad SMARTS) is 1. The van der Waals surface area contributed by atoms with Crippen LogP contribution in [-0.4, -0.2) is 54.2 Å². The molecule has 2 N–H and O–H groups in total. The van der Waals surface area contributed by atoms with Gasteiger partial charge in [-0.15, -0.1) is 0 Å². The number of hydrogen-bond acceptors (Lipinski definition) is 4. The van der Waals surface area contributed by atoms with Crippen molar-refractivity contribution >= 4 is 18.0 Å². The number of nitrogens with one attached hydrogen (secondary N) is 1. The number of benzene rings is 2. The molecule has 1 aliphatic rings. The Balaban J connectivity index is 1.53. The molecular formula is C23H22N2O5. The minimum absolute atomic E-state index is 0.0398. The molecular weight excluding hydrogens is 384 g/mol. The number of aliphatic carboxylic acids is 1. The molecule has 30 heavy (non-hydrogen) atoms. The molecule has 0 saturated heterocycles. The molecule has 1 aliphatic carbocycles. The molecule has 0 bridgehead atoms. The molecule has 154 valence electrons. The summed E-state index contributed by atoms with van der Waals surface area (Å²) in [7, 11) is 1.36. The second-order valence-corrected chi connectivity index (χ2v) is 6.91. The highest BCUT2D eigenvalue weighted by atomic mass is 16.5. The standard InChI is InChI=1S/C23H22N2O5/c1-15(22(27)28)25(2)21(26)12-7-13-24-23(29)30-14-20-18-10-5-3-8-16(18)17-9-4-6-11-19(17)20/h3-6,8-11,15,20H,13-14H2,1-2H3,(H,24,29)(H,27,28)/t15-/m0/s1. The summed E-state index contributed by atoms with van der Waals surface area (Å²) >= 11 is 0. The summed E-state index contributed by atoms with van der Waals surface area (Å²) in [5.41, 5.74) is 4.53. The molecule has 7 nitrogen and oxygen atoms in total. The molecule has 0 saturated carbocycles. The van der Waals surface area contributed by atoms with Gasteiger partial charge >= 0.3 is 12.1 Å². The Bertz CT molecular complexity index is 992. The van der Waals surface area contributed by atoms with E-state index in [1.807, 2.05) is 36.4 Å². The Morgan fingerprint density at radius 1 is 1.10 bits per heavy atom. The minimum Gasteiger partial charge on any atom is -0.480 e. The third-order valence-electron chi connectivity index (χ3n) is 5.12. The van der Waals surface area contributed by atoms with Gasteiger partial charge in [-0.25, -0.2) is 9.59 Å².